The Kier molecular flexibility index (Phi) is 3.68. The highest BCUT2D eigenvalue weighted by atomic mass is 15.2. The molecule has 0 spiro atoms. The Morgan fingerprint density at radius 2 is 1.80 bits per heavy atom. The zero-order chi connectivity index (χ0) is 10.8. The van der Waals surface area contributed by atoms with Gasteiger partial charge in [0.15, 0.2) is 0 Å². The minimum Gasteiger partial charge on any atom is -0.306 e. The molecule has 0 amide bonds. The third kappa shape index (κ3) is 2.94. The summed E-state index contributed by atoms with van der Waals surface area (Å²) >= 11 is 0. The highest BCUT2D eigenvalue weighted by molar-refractivity contribution is 4.82. The van der Waals surface area contributed by atoms with Crippen LogP contribution in [0.25, 0.3) is 0 Å². The van der Waals surface area contributed by atoms with Crippen LogP contribution in [0.4, 0.5) is 0 Å². The third-order valence-electron chi connectivity index (χ3n) is 4.33. The molecule has 0 aromatic heterocycles. The summed E-state index contributed by atoms with van der Waals surface area (Å²) in [5, 5.41) is 0. The minimum absolute atomic E-state index is 0.858. The van der Waals surface area contributed by atoms with Gasteiger partial charge in [-0.15, -0.1) is 0 Å². The van der Waals surface area contributed by atoms with Gasteiger partial charge in [0.2, 0.25) is 0 Å². The average molecular weight is 210 g/mol. The maximum Gasteiger partial charge on any atom is 0.0117 e. The molecular weight excluding hydrogens is 184 g/mol. The van der Waals surface area contributed by atoms with Crippen LogP contribution in [0.3, 0.4) is 0 Å². The van der Waals surface area contributed by atoms with Crippen molar-refractivity contribution < 1.29 is 0 Å². The van der Waals surface area contributed by atoms with Crippen molar-refractivity contribution >= 4 is 0 Å². The van der Waals surface area contributed by atoms with E-state index in [1.54, 1.807) is 0 Å². The van der Waals surface area contributed by atoms with E-state index in [0.717, 1.165) is 17.9 Å². The van der Waals surface area contributed by atoms with Crippen molar-refractivity contribution in [2.24, 2.45) is 11.8 Å². The van der Waals surface area contributed by atoms with Gasteiger partial charge in [-0.3, -0.25) is 0 Å². The number of likely N-dealkylation sites (tertiary alicyclic amines) is 1. The SMILES string of the molecule is CC1CC(CN(C)C2CCN(C)CC2)C1. The van der Waals surface area contributed by atoms with E-state index in [0.29, 0.717) is 0 Å². The topological polar surface area (TPSA) is 6.48 Å². The molecule has 1 saturated heterocycles. The molecule has 1 aliphatic heterocycles. The molecule has 0 aromatic carbocycles. The summed E-state index contributed by atoms with van der Waals surface area (Å²) in [5.41, 5.74) is 0. The maximum absolute atomic E-state index is 2.63. The van der Waals surface area contributed by atoms with Gasteiger partial charge in [-0.25, -0.2) is 0 Å². The summed E-state index contributed by atoms with van der Waals surface area (Å²) in [6.07, 6.45) is 5.68. The molecule has 0 N–H and O–H groups in total. The van der Waals surface area contributed by atoms with E-state index in [1.165, 1.54) is 45.3 Å². The van der Waals surface area contributed by atoms with Crippen LogP contribution >= 0.6 is 0 Å². The quantitative estimate of drug-likeness (QED) is 0.703. The molecule has 1 heterocycles. The van der Waals surface area contributed by atoms with E-state index < -0.39 is 0 Å². The highest BCUT2D eigenvalue weighted by Crippen LogP contribution is 2.34. The first-order chi connectivity index (χ1) is 7.15. The summed E-state index contributed by atoms with van der Waals surface area (Å²) in [4.78, 5) is 5.08. The molecule has 88 valence electrons. The number of nitrogens with zero attached hydrogens (tertiary/aromatic N) is 2. The monoisotopic (exact) mass is 210 g/mol. The van der Waals surface area contributed by atoms with E-state index in [2.05, 4.69) is 30.8 Å². The standard InChI is InChI=1S/C13H26N2/c1-11-8-12(9-11)10-15(3)13-4-6-14(2)7-5-13/h11-13H,4-10H2,1-3H3. The molecule has 0 radical (unpaired) electrons. The fourth-order valence-electron chi connectivity index (χ4n) is 3.21. The van der Waals surface area contributed by atoms with Gasteiger partial charge >= 0.3 is 0 Å². The van der Waals surface area contributed by atoms with Crippen LogP contribution in [0.5, 0.6) is 0 Å². The number of hydrogen-bond donors (Lipinski definition) is 0. The van der Waals surface area contributed by atoms with Crippen LogP contribution in [0.15, 0.2) is 0 Å². The predicted octanol–water partition coefficient (Wildman–Crippen LogP) is 2.06. The van der Waals surface area contributed by atoms with Crippen LogP contribution in [0.2, 0.25) is 0 Å². The van der Waals surface area contributed by atoms with Crippen LogP contribution in [0.1, 0.15) is 32.6 Å². The molecule has 0 unspecified atom stereocenters. The second kappa shape index (κ2) is 4.84. The van der Waals surface area contributed by atoms with E-state index in [4.69, 9.17) is 0 Å². The molecule has 0 bridgehead atoms. The molecule has 1 saturated carbocycles. The van der Waals surface area contributed by atoms with Gasteiger partial charge in [0.1, 0.15) is 0 Å². The Bertz CT molecular complexity index is 191. The molecule has 2 heteroatoms. The first kappa shape index (κ1) is 11.4. The third-order valence-corrected chi connectivity index (χ3v) is 4.33. The normalized spacial score (nSPS) is 34.4. The van der Waals surface area contributed by atoms with E-state index >= 15 is 0 Å². The lowest BCUT2D eigenvalue weighted by molar-refractivity contribution is 0.0909. The predicted molar refractivity (Wildman–Crippen MR) is 65.0 cm³/mol. The van der Waals surface area contributed by atoms with Crippen LogP contribution in [0, 0.1) is 11.8 Å². The molecule has 2 rings (SSSR count). The van der Waals surface area contributed by atoms with Crippen LogP contribution in [-0.4, -0.2) is 49.6 Å². The lowest BCUT2D eigenvalue weighted by Crippen LogP contribution is -2.45. The Labute approximate surface area is 94.6 Å². The van der Waals surface area contributed by atoms with Crippen molar-refractivity contribution in [2.75, 3.05) is 33.7 Å². The van der Waals surface area contributed by atoms with Crippen molar-refractivity contribution in [3.63, 3.8) is 0 Å². The Morgan fingerprint density at radius 1 is 1.20 bits per heavy atom. The molecule has 0 aromatic rings. The molecular formula is C13H26N2. The zero-order valence-electron chi connectivity index (χ0n) is 10.6. The Hall–Kier alpha value is -0.0800. The van der Waals surface area contributed by atoms with Crippen LogP contribution < -0.4 is 0 Å². The molecule has 0 atom stereocenters. The van der Waals surface area contributed by atoms with Gasteiger partial charge in [-0.1, -0.05) is 6.92 Å². The van der Waals surface area contributed by atoms with E-state index in [1.807, 2.05) is 0 Å². The molecule has 1 aliphatic carbocycles. The van der Waals surface area contributed by atoms with Crippen molar-refractivity contribution in [2.45, 2.75) is 38.6 Å². The second-order valence-corrected chi connectivity index (χ2v) is 5.92. The molecule has 2 fully saturated rings. The van der Waals surface area contributed by atoms with Crippen molar-refractivity contribution in [3.8, 4) is 0 Å². The number of rotatable bonds is 3. The van der Waals surface area contributed by atoms with Gasteiger partial charge in [-0.05, 0) is 64.7 Å². The van der Waals surface area contributed by atoms with E-state index in [9.17, 15) is 0 Å². The lowest BCUT2D eigenvalue weighted by Gasteiger charge is -2.40. The van der Waals surface area contributed by atoms with Gasteiger partial charge in [0, 0.05) is 12.6 Å². The van der Waals surface area contributed by atoms with Crippen molar-refractivity contribution in [3.05, 3.63) is 0 Å². The van der Waals surface area contributed by atoms with Crippen LogP contribution in [-0.2, 0) is 0 Å². The van der Waals surface area contributed by atoms with Gasteiger partial charge in [0.05, 0.1) is 0 Å². The van der Waals surface area contributed by atoms with E-state index in [-0.39, 0.29) is 0 Å². The largest absolute Gasteiger partial charge is 0.306 e. The fraction of sp³-hybridized carbons (Fsp3) is 1.00. The summed E-state index contributed by atoms with van der Waals surface area (Å²) in [6, 6.07) is 0.858. The van der Waals surface area contributed by atoms with Crippen molar-refractivity contribution in [1.82, 2.24) is 9.80 Å². The Balaban J connectivity index is 1.69. The minimum atomic E-state index is 0.858. The fourth-order valence-corrected chi connectivity index (χ4v) is 3.21. The Morgan fingerprint density at radius 3 is 2.33 bits per heavy atom. The van der Waals surface area contributed by atoms with Gasteiger partial charge in [-0.2, -0.15) is 0 Å². The number of piperidine rings is 1. The summed E-state index contributed by atoms with van der Waals surface area (Å²) in [6.45, 7) is 6.30. The first-order valence-corrected chi connectivity index (χ1v) is 6.54. The lowest BCUT2D eigenvalue weighted by atomic mass is 9.76. The smallest absolute Gasteiger partial charge is 0.0117 e. The van der Waals surface area contributed by atoms with Crippen molar-refractivity contribution in [1.29, 1.82) is 0 Å². The molecule has 2 nitrogen and oxygen atoms in total. The summed E-state index contributed by atoms with van der Waals surface area (Å²) in [5.74, 6) is 2.01. The zero-order valence-corrected chi connectivity index (χ0v) is 10.6. The molecule has 15 heavy (non-hydrogen) atoms. The molecule has 2 aliphatic rings. The second-order valence-electron chi connectivity index (χ2n) is 5.92. The highest BCUT2D eigenvalue weighted by Gasteiger charge is 2.28. The van der Waals surface area contributed by atoms with Gasteiger partial charge in [0.25, 0.3) is 0 Å². The maximum atomic E-state index is 2.63. The summed E-state index contributed by atoms with van der Waals surface area (Å²) < 4.78 is 0. The van der Waals surface area contributed by atoms with Gasteiger partial charge < -0.3 is 9.80 Å². The average Bonchev–Trinajstić information content (AvgIpc) is 2.16. The number of hydrogen-bond acceptors (Lipinski definition) is 2. The summed E-state index contributed by atoms with van der Waals surface area (Å²) in [7, 11) is 4.57. The first-order valence-electron chi connectivity index (χ1n) is 6.54.